The Balaban J connectivity index is 2.40. The van der Waals surface area contributed by atoms with Gasteiger partial charge in [0, 0.05) is 12.6 Å². The highest BCUT2D eigenvalue weighted by molar-refractivity contribution is 5.70. The third kappa shape index (κ3) is 1.39. The first-order valence-electron chi connectivity index (χ1n) is 5.37. The van der Waals surface area contributed by atoms with Crippen molar-refractivity contribution in [2.75, 3.05) is 0 Å². The van der Waals surface area contributed by atoms with E-state index < -0.39 is 0 Å². The summed E-state index contributed by atoms with van der Waals surface area (Å²) >= 11 is 0. The Morgan fingerprint density at radius 2 is 2.24 bits per heavy atom. The van der Waals surface area contributed by atoms with Crippen molar-refractivity contribution in [1.29, 1.82) is 0 Å². The zero-order valence-electron chi connectivity index (χ0n) is 9.24. The molecule has 86 valence electrons. The fourth-order valence-electron chi connectivity index (χ4n) is 1.75. The van der Waals surface area contributed by atoms with E-state index in [4.69, 9.17) is 0 Å². The van der Waals surface area contributed by atoms with Crippen LogP contribution < -0.4 is 5.56 Å². The number of aromatic nitrogens is 6. The number of hydrogen-bond donors (Lipinski definition) is 0. The van der Waals surface area contributed by atoms with E-state index in [0.29, 0.717) is 17.8 Å². The minimum Gasteiger partial charge on any atom is -0.297 e. The summed E-state index contributed by atoms with van der Waals surface area (Å²) in [5.74, 6) is 0. The molecule has 17 heavy (non-hydrogen) atoms. The third-order valence-electron chi connectivity index (χ3n) is 2.53. The van der Waals surface area contributed by atoms with Crippen molar-refractivity contribution in [3.8, 4) is 0 Å². The minimum absolute atomic E-state index is 0.179. The average Bonchev–Trinajstić information content (AvgIpc) is 2.81. The second-order valence-corrected chi connectivity index (χ2v) is 3.72. The molecule has 0 aliphatic heterocycles. The number of rotatable bonds is 2. The van der Waals surface area contributed by atoms with Gasteiger partial charge in [-0.15, -0.1) is 10.2 Å². The molecular formula is C10H10N6O. The number of nitrogens with zero attached hydrogens (tertiary/aromatic N) is 6. The Hall–Kier alpha value is -2.31. The van der Waals surface area contributed by atoms with Gasteiger partial charge in [0.1, 0.15) is 6.33 Å². The molecule has 0 aromatic carbocycles. The first-order valence-corrected chi connectivity index (χ1v) is 5.37. The van der Waals surface area contributed by atoms with E-state index in [1.165, 1.54) is 15.4 Å². The number of aryl methyl sites for hydroxylation is 1. The van der Waals surface area contributed by atoms with Gasteiger partial charge in [-0.05, 0) is 6.42 Å². The van der Waals surface area contributed by atoms with E-state index in [0.717, 1.165) is 6.42 Å². The summed E-state index contributed by atoms with van der Waals surface area (Å²) in [6.45, 7) is 2.62. The first-order chi connectivity index (χ1) is 8.31. The minimum atomic E-state index is -0.179. The maximum Gasteiger partial charge on any atom is 0.283 e. The van der Waals surface area contributed by atoms with E-state index in [9.17, 15) is 4.79 Å². The van der Waals surface area contributed by atoms with Crippen molar-refractivity contribution < 1.29 is 0 Å². The van der Waals surface area contributed by atoms with Crippen LogP contribution in [0.1, 0.15) is 13.3 Å². The van der Waals surface area contributed by atoms with Gasteiger partial charge < -0.3 is 0 Å². The molecule has 3 heterocycles. The van der Waals surface area contributed by atoms with Gasteiger partial charge in [-0.2, -0.15) is 9.61 Å². The standard InChI is InChI=1S/C10H10N6O/c1-2-5-15-6-11-9-8(10(15)17)14-13-7-3-4-12-16(7)9/h3-4,6H,2,5H2,1H3. The van der Waals surface area contributed by atoms with Crippen LogP contribution in [0.3, 0.4) is 0 Å². The van der Waals surface area contributed by atoms with E-state index in [2.05, 4.69) is 20.3 Å². The Morgan fingerprint density at radius 1 is 1.35 bits per heavy atom. The molecule has 0 spiro atoms. The highest BCUT2D eigenvalue weighted by Gasteiger charge is 2.09. The molecule has 3 rings (SSSR count). The predicted octanol–water partition coefficient (Wildman–Crippen LogP) is 0.244. The van der Waals surface area contributed by atoms with Crippen LogP contribution in [-0.4, -0.2) is 29.4 Å². The van der Waals surface area contributed by atoms with Crippen molar-refractivity contribution in [2.45, 2.75) is 19.9 Å². The van der Waals surface area contributed by atoms with Crippen molar-refractivity contribution in [2.24, 2.45) is 0 Å². The van der Waals surface area contributed by atoms with E-state index >= 15 is 0 Å². The SMILES string of the molecule is CCCn1cnc2c(nnc3ccnn32)c1=O. The van der Waals surface area contributed by atoms with Gasteiger partial charge in [0.2, 0.25) is 0 Å². The lowest BCUT2D eigenvalue weighted by Gasteiger charge is -2.04. The predicted molar refractivity (Wildman–Crippen MR) is 60.6 cm³/mol. The van der Waals surface area contributed by atoms with Crippen LogP contribution in [0, 0.1) is 0 Å². The molecule has 0 saturated carbocycles. The van der Waals surface area contributed by atoms with Gasteiger partial charge in [-0.1, -0.05) is 6.92 Å². The van der Waals surface area contributed by atoms with Gasteiger partial charge in [0.05, 0.1) is 6.20 Å². The molecule has 0 aliphatic rings. The van der Waals surface area contributed by atoms with Gasteiger partial charge in [-0.25, -0.2) is 4.98 Å². The van der Waals surface area contributed by atoms with E-state index in [-0.39, 0.29) is 11.1 Å². The van der Waals surface area contributed by atoms with Crippen molar-refractivity contribution in [3.63, 3.8) is 0 Å². The third-order valence-corrected chi connectivity index (χ3v) is 2.53. The second-order valence-electron chi connectivity index (χ2n) is 3.72. The maximum absolute atomic E-state index is 12.1. The summed E-state index contributed by atoms with van der Waals surface area (Å²) in [5.41, 5.74) is 1.09. The molecular weight excluding hydrogens is 220 g/mol. The van der Waals surface area contributed by atoms with Crippen LogP contribution in [-0.2, 0) is 6.54 Å². The fourth-order valence-corrected chi connectivity index (χ4v) is 1.75. The van der Waals surface area contributed by atoms with Crippen LogP contribution in [0.4, 0.5) is 0 Å². The topological polar surface area (TPSA) is 78.0 Å². The Labute approximate surface area is 95.7 Å². The molecule has 0 saturated heterocycles. The van der Waals surface area contributed by atoms with Gasteiger partial charge >= 0.3 is 0 Å². The summed E-state index contributed by atoms with van der Waals surface area (Å²) in [6.07, 6.45) is 3.99. The van der Waals surface area contributed by atoms with Gasteiger partial charge in [-0.3, -0.25) is 9.36 Å². The molecule has 3 aromatic heterocycles. The van der Waals surface area contributed by atoms with Crippen molar-refractivity contribution in [1.82, 2.24) is 29.4 Å². The summed E-state index contributed by atoms with van der Waals surface area (Å²) in [7, 11) is 0. The van der Waals surface area contributed by atoms with Gasteiger partial charge in [0.15, 0.2) is 16.8 Å². The van der Waals surface area contributed by atoms with E-state index in [1.54, 1.807) is 12.3 Å². The highest BCUT2D eigenvalue weighted by atomic mass is 16.1. The summed E-state index contributed by atoms with van der Waals surface area (Å²) in [6, 6.07) is 1.71. The van der Waals surface area contributed by atoms with Gasteiger partial charge in [0.25, 0.3) is 5.56 Å². The number of hydrogen-bond acceptors (Lipinski definition) is 5. The highest BCUT2D eigenvalue weighted by Crippen LogP contribution is 2.04. The Kier molecular flexibility index (Phi) is 2.10. The zero-order chi connectivity index (χ0) is 11.8. The first kappa shape index (κ1) is 9.88. The summed E-state index contributed by atoms with van der Waals surface area (Å²) < 4.78 is 3.05. The lowest BCUT2D eigenvalue weighted by molar-refractivity contribution is 0.643. The van der Waals surface area contributed by atoms with Crippen LogP contribution in [0.25, 0.3) is 16.8 Å². The van der Waals surface area contributed by atoms with E-state index in [1.807, 2.05) is 6.92 Å². The van der Waals surface area contributed by atoms with Crippen LogP contribution in [0.15, 0.2) is 23.4 Å². The van der Waals surface area contributed by atoms with Crippen LogP contribution in [0.5, 0.6) is 0 Å². The second kappa shape index (κ2) is 3.62. The molecule has 3 aromatic rings. The molecule has 0 radical (unpaired) electrons. The lowest BCUT2D eigenvalue weighted by atomic mass is 10.4. The molecule has 0 aliphatic carbocycles. The zero-order valence-corrected chi connectivity index (χ0v) is 9.24. The fraction of sp³-hybridized carbons (Fsp3) is 0.300. The summed E-state index contributed by atoms with van der Waals surface area (Å²) in [4.78, 5) is 16.3. The molecule has 0 bridgehead atoms. The smallest absolute Gasteiger partial charge is 0.283 e. The summed E-state index contributed by atoms with van der Waals surface area (Å²) in [5, 5.41) is 11.9. The monoisotopic (exact) mass is 230 g/mol. The molecule has 0 amide bonds. The molecule has 0 fully saturated rings. The lowest BCUT2D eigenvalue weighted by Crippen LogP contribution is -2.22. The average molecular weight is 230 g/mol. The maximum atomic E-state index is 12.1. The molecule has 0 N–H and O–H groups in total. The molecule has 0 atom stereocenters. The Morgan fingerprint density at radius 3 is 3.06 bits per heavy atom. The number of fused-ring (bicyclic) bond motifs is 3. The van der Waals surface area contributed by atoms with Crippen LogP contribution >= 0.6 is 0 Å². The quantitative estimate of drug-likeness (QED) is 0.630. The normalized spacial score (nSPS) is 11.4. The molecule has 7 nitrogen and oxygen atoms in total. The van der Waals surface area contributed by atoms with Crippen molar-refractivity contribution in [3.05, 3.63) is 28.9 Å². The molecule has 7 heteroatoms. The van der Waals surface area contributed by atoms with Crippen molar-refractivity contribution >= 4 is 16.8 Å². The Bertz CT molecular complexity index is 743. The molecule has 0 unspecified atom stereocenters. The van der Waals surface area contributed by atoms with Crippen LogP contribution in [0.2, 0.25) is 0 Å². The largest absolute Gasteiger partial charge is 0.297 e.